The van der Waals surface area contributed by atoms with Crippen molar-refractivity contribution in [2.75, 3.05) is 0 Å². The molecular formula is C8H8BrClFNO2. The number of carboxylic acids is 1. The highest BCUT2D eigenvalue weighted by Gasteiger charge is 2.16. The van der Waals surface area contributed by atoms with Gasteiger partial charge in [0.15, 0.2) is 0 Å². The quantitative estimate of drug-likeness (QED) is 0.874. The van der Waals surface area contributed by atoms with Gasteiger partial charge >= 0.3 is 5.97 Å². The van der Waals surface area contributed by atoms with E-state index in [0.29, 0.717) is 10.0 Å². The monoisotopic (exact) mass is 283 g/mol. The summed E-state index contributed by atoms with van der Waals surface area (Å²) in [6.07, 6.45) is 0. The Labute approximate surface area is 94.6 Å². The maximum Gasteiger partial charge on any atom is 0.325 e. The molecule has 0 aromatic heterocycles. The van der Waals surface area contributed by atoms with Gasteiger partial charge in [0.1, 0.15) is 11.9 Å². The van der Waals surface area contributed by atoms with Crippen LogP contribution in [0.25, 0.3) is 0 Å². The molecule has 0 bridgehead atoms. The van der Waals surface area contributed by atoms with Crippen molar-refractivity contribution in [1.29, 1.82) is 0 Å². The summed E-state index contributed by atoms with van der Waals surface area (Å²) >= 11 is 3.03. The van der Waals surface area contributed by atoms with Crippen molar-refractivity contribution in [2.24, 2.45) is 5.73 Å². The maximum atomic E-state index is 12.6. The number of rotatable bonds is 2. The van der Waals surface area contributed by atoms with Gasteiger partial charge in [0, 0.05) is 4.47 Å². The van der Waals surface area contributed by atoms with Crippen molar-refractivity contribution < 1.29 is 14.3 Å². The van der Waals surface area contributed by atoms with E-state index in [4.69, 9.17) is 10.8 Å². The van der Waals surface area contributed by atoms with Crippen molar-refractivity contribution in [3.8, 4) is 0 Å². The Morgan fingerprint density at radius 3 is 2.57 bits per heavy atom. The molecule has 78 valence electrons. The molecule has 1 atom stereocenters. The fraction of sp³-hybridized carbons (Fsp3) is 0.125. The molecule has 3 nitrogen and oxygen atoms in total. The Morgan fingerprint density at radius 2 is 2.14 bits per heavy atom. The van der Waals surface area contributed by atoms with Gasteiger partial charge in [0.05, 0.1) is 0 Å². The summed E-state index contributed by atoms with van der Waals surface area (Å²) < 4.78 is 13.0. The standard InChI is InChI=1S/C8H7BrFNO2.ClH/c9-6-3-4(10)1-2-5(6)7(11)8(12)13;/h1-3,7H,11H2,(H,12,13);1H. The summed E-state index contributed by atoms with van der Waals surface area (Å²) in [5.74, 6) is -1.58. The van der Waals surface area contributed by atoms with Crippen LogP contribution in [0, 0.1) is 5.82 Å². The van der Waals surface area contributed by atoms with E-state index in [2.05, 4.69) is 15.9 Å². The van der Waals surface area contributed by atoms with Crippen LogP contribution in [0.3, 0.4) is 0 Å². The number of hydrogen-bond acceptors (Lipinski definition) is 2. The van der Waals surface area contributed by atoms with Gasteiger partial charge < -0.3 is 10.8 Å². The molecule has 0 radical (unpaired) electrons. The van der Waals surface area contributed by atoms with Gasteiger partial charge in [-0.2, -0.15) is 0 Å². The predicted octanol–water partition coefficient (Wildman–Crippen LogP) is 2.09. The molecule has 0 amide bonds. The largest absolute Gasteiger partial charge is 0.480 e. The summed E-state index contributed by atoms with van der Waals surface area (Å²) in [7, 11) is 0. The normalized spacial score (nSPS) is 11.6. The molecule has 0 saturated heterocycles. The third-order valence-electron chi connectivity index (χ3n) is 1.56. The number of nitrogens with two attached hydrogens (primary N) is 1. The van der Waals surface area contributed by atoms with Gasteiger partial charge in [-0.05, 0) is 17.7 Å². The van der Waals surface area contributed by atoms with Gasteiger partial charge in [-0.3, -0.25) is 4.79 Å². The molecule has 0 aliphatic heterocycles. The minimum absolute atomic E-state index is 0. The van der Waals surface area contributed by atoms with Crippen LogP contribution >= 0.6 is 28.3 Å². The Kier molecular flexibility index (Phi) is 5.04. The molecule has 1 aromatic carbocycles. The first-order valence-electron chi connectivity index (χ1n) is 3.45. The fourth-order valence-electron chi connectivity index (χ4n) is 0.887. The predicted molar refractivity (Wildman–Crippen MR) is 55.9 cm³/mol. The molecule has 0 heterocycles. The lowest BCUT2D eigenvalue weighted by atomic mass is 10.1. The molecule has 0 aliphatic carbocycles. The molecule has 1 aromatic rings. The van der Waals surface area contributed by atoms with E-state index >= 15 is 0 Å². The minimum Gasteiger partial charge on any atom is -0.480 e. The van der Waals surface area contributed by atoms with Crippen LogP contribution in [0.4, 0.5) is 4.39 Å². The van der Waals surface area contributed by atoms with Crippen LogP contribution in [0.1, 0.15) is 11.6 Å². The van der Waals surface area contributed by atoms with Crippen LogP contribution < -0.4 is 5.73 Å². The Balaban J connectivity index is 0.00000169. The smallest absolute Gasteiger partial charge is 0.325 e. The summed E-state index contributed by atoms with van der Waals surface area (Å²) in [6, 6.07) is 2.56. The second-order valence-corrected chi connectivity index (χ2v) is 3.34. The molecule has 6 heteroatoms. The van der Waals surface area contributed by atoms with Crippen LogP contribution in [0.15, 0.2) is 22.7 Å². The van der Waals surface area contributed by atoms with E-state index in [1.807, 2.05) is 0 Å². The highest BCUT2D eigenvalue weighted by Crippen LogP contribution is 2.22. The third-order valence-corrected chi connectivity index (χ3v) is 2.25. The van der Waals surface area contributed by atoms with E-state index in [1.54, 1.807) is 0 Å². The maximum absolute atomic E-state index is 12.6. The van der Waals surface area contributed by atoms with Gasteiger partial charge in [-0.15, -0.1) is 12.4 Å². The first-order valence-corrected chi connectivity index (χ1v) is 4.25. The molecule has 0 aliphatic rings. The number of hydrogen-bond donors (Lipinski definition) is 2. The first-order chi connectivity index (χ1) is 6.02. The second-order valence-electron chi connectivity index (χ2n) is 2.48. The van der Waals surface area contributed by atoms with Gasteiger partial charge in [0.25, 0.3) is 0 Å². The van der Waals surface area contributed by atoms with Gasteiger partial charge in [0.2, 0.25) is 0 Å². The Bertz CT molecular complexity index is 348. The van der Waals surface area contributed by atoms with Crippen LogP contribution in [-0.2, 0) is 4.79 Å². The average molecular weight is 285 g/mol. The molecule has 3 N–H and O–H groups in total. The van der Waals surface area contributed by atoms with Crippen molar-refractivity contribution in [3.05, 3.63) is 34.1 Å². The zero-order chi connectivity index (χ0) is 10.0. The number of aliphatic carboxylic acids is 1. The third kappa shape index (κ3) is 2.94. The highest BCUT2D eigenvalue weighted by molar-refractivity contribution is 9.10. The molecule has 14 heavy (non-hydrogen) atoms. The molecule has 1 rings (SSSR count). The molecule has 0 saturated carbocycles. The Morgan fingerprint density at radius 1 is 1.57 bits per heavy atom. The van der Waals surface area contributed by atoms with Crippen LogP contribution in [0.5, 0.6) is 0 Å². The molecular weight excluding hydrogens is 276 g/mol. The van der Waals surface area contributed by atoms with Gasteiger partial charge in [-0.1, -0.05) is 22.0 Å². The molecule has 0 spiro atoms. The van der Waals surface area contributed by atoms with E-state index in [1.165, 1.54) is 18.2 Å². The van der Waals surface area contributed by atoms with E-state index in [9.17, 15) is 9.18 Å². The second kappa shape index (κ2) is 5.29. The number of benzene rings is 1. The van der Waals surface area contributed by atoms with Crippen molar-refractivity contribution in [1.82, 2.24) is 0 Å². The highest BCUT2D eigenvalue weighted by atomic mass is 79.9. The lowest BCUT2D eigenvalue weighted by molar-refractivity contribution is -0.138. The molecule has 1 unspecified atom stereocenters. The lowest BCUT2D eigenvalue weighted by Crippen LogP contribution is -2.21. The van der Waals surface area contributed by atoms with Crippen LogP contribution in [0.2, 0.25) is 0 Å². The topological polar surface area (TPSA) is 63.3 Å². The summed E-state index contributed by atoms with van der Waals surface area (Å²) in [6.45, 7) is 0. The number of carbonyl (C=O) groups is 1. The van der Waals surface area contributed by atoms with Crippen LogP contribution in [-0.4, -0.2) is 11.1 Å². The fourth-order valence-corrected chi connectivity index (χ4v) is 1.48. The van der Waals surface area contributed by atoms with Crippen molar-refractivity contribution >= 4 is 34.3 Å². The zero-order valence-electron chi connectivity index (χ0n) is 6.91. The SMILES string of the molecule is Cl.NC(C(=O)O)c1ccc(F)cc1Br. The lowest BCUT2D eigenvalue weighted by Gasteiger charge is -2.08. The van der Waals surface area contributed by atoms with E-state index in [-0.39, 0.29) is 12.4 Å². The molecule has 0 fully saturated rings. The number of carboxylic acid groups (broad SMARTS) is 1. The summed E-state index contributed by atoms with van der Waals surface area (Å²) in [4.78, 5) is 10.5. The van der Waals surface area contributed by atoms with E-state index in [0.717, 1.165) is 0 Å². The average Bonchev–Trinajstić information content (AvgIpc) is 2.03. The zero-order valence-corrected chi connectivity index (χ0v) is 9.31. The minimum atomic E-state index is -1.15. The van der Waals surface area contributed by atoms with E-state index < -0.39 is 17.8 Å². The first kappa shape index (κ1) is 13.4. The summed E-state index contributed by atoms with van der Waals surface area (Å²) in [5, 5.41) is 8.59. The Hall–Kier alpha value is -0.650. The number of halogens is 3. The summed E-state index contributed by atoms with van der Waals surface area (Å²) in [5.41, 5.74) is 5.69. The van der Waals surface area contributed by atoms with Gasteiger partial charge in [-0.25, -0.2) is 4.39 Å². The van der Waals surface area contributed by atoms with Crippen molar-refractivity contribution in [3.63, 3.8) is 0 Å². The van der Waals surface area contributed by atoms with Crippen molar-refractivity contribution in [2.45, 2.75) is 6.04 Å².